The highest BCUT2D eigenvalue weighted by molar-refractivity contribution is 5.49. The zero-order chi connectivity index (χ0) is 9.52. The van der Waals surface area contributed by atoms with Gasteiger partial charge in [-0.2, -0.15) is 0 Å². The molecular weight excluding hydrogens is 167 g/mol. The van der Waals surface area contributed by atoms with Crippen molar-refractivity contribution < 1.29 is 9.50 Å². The highest BCUT2D eigenvalue weighted by atomic mass is 19.1. The first-order valence-corrected chi connectivity index (χ1v) is 4.36. The Hall–Kier alpha value is -1.15. The molecule has 0 fully saturated rings. The lowest BCUT2D eigenvalue weighted by Crippen LogP contribution is -1.81. The lowest BCUT2D eigenvalue weighted by molar-refractivity contribution is 0.290. The van der Waals surface area contributed by atoms with Crippen molar-refractivity contribution in [3.63, 3.8) is 0 Å². The molecule has 0 saturated heterocycles. The average Bonchev–Trinajstić information content (AvgIpc) is 2.15. The third-order valence-corrected chi connectivity index (χ3v) is 1.73. The highest BCUT2D eigenvalue weighted by Crippen LogP contribution is 2.08. The fraction of sp³-hybridized carbons (Fsp3) is 0.273. The maximum atomic E-state index is 13.0. The van der Waals surface area contributed by atoms with Crippen LogP contribution in [0.1, 0.15) is 18.4 Å². The molecule has 0 spiro atoms. The van der Waals surface area contributed by atoms with Gasteiger partial charge in [-0.3, -0.25) is 0 Å². The van der Waals surface area contributed by atoms with Gasteiger partial charge in [-0.15, -0.1) is 0 Å². The van der Waals surface area contributed by atoms with Crippen LogP contribution in [0.15, 0.2) is 30.3 Å². The fourth-order valence-corrected chi connectivity index (χ4v) is 1.03. The van der Waals surface area contributed by atoms with Crippen LogP contribution < -0.4 is 0 Å². The van der Waals surface area contributed by atoms with E-state index in [9.17, 15) is 4.39 Å². The molecule has 1 rings (SSSR count). The summed E-state index contributed by atoms with van der Waals surface area (Å²) in [4.78, 5) is 0. The van der Waals surface area contributed by atoms with Crippen molar-refractivity contribution in [3.8, 4) is 0 Å². The molecule has 2 heteroatoms. The predicted molar refractivity (Wildman–Crippen MR) is 51.8 cm³/mol. The predicted octanol–water partition coefficient (Wildman–Crippen LogP) is 2.61. The third-order valence-electron chi connectivity index (χ3n) is 1.73. The van der Waals surface area contributed by atoms with E-state index in [1.165, 1.54) is 6.07 Å². The van der Waals surface area contributed by atoms with Crippen molar-refractivity contribution in [2.75, 3.05) is 6.61 Å². The molecule has 13 heavy (non-hydrogen) atoms. The molecule has 0 aromatic heterocycles. The number of allylic oxidation sites excluding steroid dienone is 1. The number of aliphatic hydroxyl groups is 1. The molecule has 0 heterocycles. The number of aliphatic hydroxyl groups excluding tert-OH is 1. The minimum Gasteiger partial charge on any atom is -0.396 e. The summed E-state index contributed by atoms with van der Waals surface area (Å²) in [6, 6.07) is 6.63. The number of rotatable bonds is 4. The SMILES string of the molecule is OCCC/C=C/c1ccccc1F. The molecule has 0 saturated carbocycles. The molecule has 1 aromatic carbocycles. The van der Waals surface area contributed by atoms with E-state index in [0.29, 0.717) is 5.56 Å². The Kier molecular flexibility index (Phi) is 4.19. The quantitative estimate of drug-likeness (QED) is 0.706. The van der Waals surface area contributed by atoms with E-state index in [2.05, 4.69) is 0 Å². The molecule has 0 radical (unpaired) electrons. The minimum absolute atomic E-state index is 0.182. The maximum Gasteiger partial charge on any atom is 0.130 e. The molecule has 0 atom stereocenters. The topological polar surface area (TPSA) is 20.2 Å². The van der Waals surface area contributed by atoms with Gasteiger partial charge in [0.05, 0.1) is 0 Å². The Morgan fingerprint density at radius 3 is 2.77 bits per heavy atom. The van der Waals surface area contributed by atoms with Crippen molar-refractivity contribution in [3.05, 3.63) is 41.7 Å². The van der Waals surface area contributed by atoms with E-state index in [1.807, 2.05) is 6.08 Å². The summed E-state index contributed by atoms with van der Waals surface area (Å²) in [5.41, 5.74) is 0.598. The largest absolute Gasteiger partial charge is 0.396 e. The molecule has 1 N–H and O–H groups in total. The second-order valence-electron chi connectivity index (χ2n) is 2.79. The number of unbranched alkanes of at least 4 members (excludes halogenated alkanes) is 1. The van der Waals surface area contributed by atoms with Crippen LogP contribution in [0.5, 0.6) is 0 Å². The minimum atomic E-state index is -0.206. The first-order chi connectivity index (χ1) is 6.34. The van der Waals surface area contributed by atoms with E-state index in [0.717, 1.165) is 12.8 Å². The first kappa shape index (κ1) is 9.93. The van der Waals surface area contributed by atoms with E-state index in [-0.39, 0.29) is 12.4 Å². The van der Waals surface area contributed by atoms with E-state index >= 15 is 0 Å². The summed E-state index contributed by atoms with van der Waals surface area (Å²) >= 11 is 0. The smallest absolute Gasteiger partial charge is 0.130 e. The molecule has 0 aliphatic heterocycles. The van der Waals surface area contributed by atoms with Gasteiger partial charge in [-0.25, -0.2) is 4.39 Å². The Bertz CT molecular complexity index is 281. The molecule has 1 aromatic rings. The molecule has 1 nitrogen and oxygen atoms in total. The van der Waals surface area contributed by atoms with E-state index in [4.69, 9.17) is 5.11 Å². The molecule has 0 bridgehead atoms. The fourth-order valence-electron chi connectivity index (χ4n) is 1.03. The maximum absolute atomic E-state index is 13.0. The normalized spacial score (nSPS) is 10.9. The van der Waals surface area contributed by atoms with Crippen LogP contribution in [0.25, 0.3) is 6.08 Å². The van der Waals surface area contributed by atoms with Gasteiger partial charge >= 0.3 is 0 Å². The zero-order valence-electron chi connectivity index (χ0n) is 7.41. The van der Waals surface area contributed by atoms with Gasteiger partial charge in [-0.1, -0.05) is 30.4 Å². The third kappa shape index (κ3) is 3.38. The summed E-state index contributed by atoms with van der Waals surface area (Å²) in [5, 5.41) is 8.51. The Labute approximate surface area is 77.5 Å². The van der Waals surface area contributed by atoms with E-state index < -0.39 is 0 Å². The number of halogens is 1. The molecule has 70 valence electrons. The molecule has 0 amide bonds. The van der Waals surface area contributed by atoms with Crippen molar-refractivity contribution in [2.24, 2.45) is 0 Å². The number of hydrogen-bond donors (Lipinski definition) is 1. The number of hydrogen-bond acceptors (Lipinski definition) is 1. The second-order valence-corrected chi connectivity index (χ2v) is 2.79. The van der Waals surface area contributed by atoms with Crippen LogP contribution in [0, 0.1) is 5.82 Å². The van der Waals surface area contributed by atoms with Crippen LogP contribution in [-0.2, 0) is 0 Å². The lowest BCUT2D eigenvalue weighted by atomic mass is 10.2. The Morgan fingerprint density at radius 2 is 2.08 bits per heavy atom. The van der Waals surface area contributed by atoms with Crippen LogP contribution in [0.2, 0.25) is 0 Å². The molecule has 0 unspecified atom stereocenters. The average molecular weight is 180 g/mol. The second kappa shape index (κ2) is 5.49. The van der Waals surface area contributed by atoms with Gasteiger partial charge in [0.15, 0.2) is 0 Å². The van der Waals surface area contributed by atoms with Crippen LogP contribution in [-0.4, -0.2) is 11.7 Å². The summed E-state index contributed by atoms with van der Waals surface area (Å²) < 4.78 is 13.0. The summed E-state index contributed by atoms with van der Waals surface area (Å²) in [6.45, 7) is 0.182. The Balaban J connectivity index is 2.53. The summed E-state index contributed by atoms with van der Waals surface area (Å²) in [5.74, 6) is -0.206. The van der Waals surface area contributed by atoms with Crippen molar-refractivity contribution >= 4 is 6.08 Å². The molecule has 0 aliphatic rings. The summed E-state index contributed by atoms with van der Waals surface area (Å²) in [7, 11) is 0. The van der Waals surface area contributed by atoms with Crippen molar-refractivity contribution in [2.45, 2.75) is 12.8 Å². The number of benzene rings is 1. The lowest BCUT2D eigenvalue weighted by Gasteiger charge is -1.94. The van der Waals surface area contributed by atoms with Gasteiger partial charge in [0.25, 0.3) is 0 Å². The first-order valence-electron chi connectivity index (χ1n) is 4.36. The van der Waals surface area contributed by atoms with Gasteiger partial charge in [0.1, 0.15) is 5.82 Å². The van der Waals surface area contributed by atoms with Gasteiger partial charge in [0.2, 0.25) is 0 Å². The highest BCUT2D eigenvalue weighted by Gasteiger charge is 1.93. The van der Waals surface area contributed by atoms with Crippen LogP contribution in [0.3, 0.4) is 0 Å². The van der Waals surface area contributed by atoms with E-state index in [1.54, 1.807) is 24.3 Å². The van der Waals surface area contributed by atoms with Crippen LogP contribution >= 0.6 is 0 Å². The monoisotopic (exact) mass is 180 g/mol. The van der Waals surface area contributed by atoms with Crippen LogP contribution in [0.4, 0.5) is 4.39 Å². The van der Waals surface area contributed by atoms with Gasteiger partial charge < -0.3 is 5.11 Å². The molecular formula is C11H13FO. The van der Waals surface area contributed by atoms with Crippen molar-refractivity contribution in [1.29, 1.82) is 0 Å². The summed E-state index contributed by atoms with van der Waals surface area (Å²) in [6.07, 6.45) is 5.12. The molecule has 0 aliphatic carbocycles. The standard InChI is InChI=1S/C11H13FO/c12-11-8-4-3-7-10(11)6-2-1-5-9-13/h2-4,6-8,13H,1,5,9H2/b6-2+. The Morgan fingerprint density at radius 1 is 1.31 bits per heavy atom. The van der Waals surface area contributed by atoms with Gasteiger partial charge in [0, 0.05) is 12.2 Å². The zero-order valence-corrected chi connectivity index (χ0v) is 7.41. The van der Waals surface area contributed by atoms with Gasteiger partial charge in [-0.05, 0) is 18.9 Å². The van der Waals surface area contributed by atoms with Crippen molar-refractivity contribution in [1.82, 2.24) is 0 Å².